The molecule has 30 heavy (non-hydrogen) atoms. The summed E-state index contributed by atoms with van der Waals surface area (Å²) in [7, 11) is 0. The van der Waals surface area contributed by atoms with Gasteiger partial charge in [-0.1, -0.05) is 0 Å². The van der Waals surface area contributed by atoms with Crippen molar-refractivity contribution in [2.45, 2.75) is 25.3 Å². The third-order valence-corrected chi connectivity index (χ3v) is 6.52. The van der Waals surface area contributed by atoms with Gasteiger partial charge in [-0.2, -0.15) is 0 Å². The number of nitrogens with zero attached hydrogens (tertiary/aromatic N) is 1. The summed E-state index contributed by atoms with van der Waals surface area (Å²) in [6.07, 6.45) is 3.35. The van der Waals surface area contributed by atoms with Crippen LogP contribution in [0.25, 0.3) is 0 Å². The van der Waals surface area contributed by atoms with E-state index in [0.29, 0.717) is 29.6 Å². The summed E-state index contributed by atoms with van der Waals surface area (Å²) < 4.78 is 5.32. The van der Waals surface area contributed by atoms with Gasteiger partial charge in [-0.05, 0) is 55.4 Å². The van der Waals surface area contributed by atoms with E-state index in [1.54, 1.807) is 24.3 Å². The molecule has 4 atom stereocenters. The van der Waals surface area contributed by atoms with Crippen molar-refractivity contribution in [2.24, 2.45) is 23.5 Å². The largest absolute Gasteiger partial charge is 0.379 e. The second-order valence-electron chi connectivity index (χ2n) is 8.21. The van der Waals surface area contributed by atoms with Crippen LogP contribution in [-0.2, 0) is 9.53 Å². The zero-order valence-electron chi connectivity index (χ0n) is 17.0. The Hall–Kier alpha value is -1.38. The Morgan fingerprint density at radius 2 is 1.73 bits per heavy atom. The average molecular weight is 459 g/mol. The fourth-order valence-corrected chi connectivity index (χ4v) is 4.91. The number of benzene rings is 1. The van der Waals surface area contributed by atoms with Crippen LogP contribution in [0.2, 0.25) is 0 Å². The van der Waals surface area contributed by atoms with Gasteiger partial charge in [0.25, 0.3) is 5.91 Å². The van der Waals surface area contributed by atoms with Crippen molar-refractivity contribution in [3.63, 3.8) is 0 Å². The molecule has 7 nitrogen and oxygen atoms in total. The van der Waals surface area contributed by atoms with Crippen molar-refractivity contribution >= 4 is 42.3 Å². The SMILES string of the molecule is Cl.Cl.NC1C2CCC(C2)C1C(=O)Nc1ccc(C(=O)NCCN2CCOCC2)cc1. The van der Waals surface area contributed by atoms with Crippen LogP contribution in [0.15, 0.2) is 24.3 Å². The second kappa shape index (κ2) is 11.3. The molecule has 2 aliphatic carbocycles. The number of amides is 2. The molecule has 0 radical (unpaired) electrons. The molecule has 2 amide bonds. The molecule has 3 fully saturated rings. The van der Waals surface area contributed by atoms with E-state index in [9.17, 15) is 9.59 Å². The lowest BCUT2D eigenvalue weighted by Crippen LogP contribution is -2.42. The normalized spacial score (nSPS) is 27.6. The molecular formula is C21H32Cl2N4O3. The molecule has 4 unspecified atom stereocenters. The predicted octanol–water partition coefficient (Wildman–Crippen LogP) is 1.90. The van der Waals surface area contributed by atoms with Crippen LogP contribution in [0, 0.1) is 17.8 Å². The summed E-state index contributed by atoms with van der Waals surface area (Å²) in [6, 6.07) is 7.05. The summed E-state index contributed by atoms with van der Waals surface area (Å²) in [5.41, 5.74) is 7.57. The quantitative estimate of drug-likeness (QED) is 0.604. The van der Waals surface area contributed by atoms with Crippen LogP contribution in [0.3, 0.4) is 0 Å². The molecule has 168 valence electrons. The van der Waals surface area contributed by atoms with E-state index in [-0.39, 0.29) is 48.6 Å². The third-order valence-electron chi connectivity index (χ3n) is 6.52. The van der Waals surface area contributed by atoms with E-state index in [1.165, 1.54) is 0 Å². The molecule has 1 aliphatic heterocycles. The lowest BCUT2D eigenvalue weighted by atomic mass is 9.84. The molecule has 2 bridgehead atoms. The Morgan fingerprint density at radius 3 is 2.37 bits per heavy atom. The first-order valence-corrected chi connectivity index (χ1v) is 10.4. The number of carbonyl (C=O) groups is 2. The number of anilines is 1. The zero-order valence-corrected chi connectivity index (χ0v) is 18.7. The molecule has 1 saturated heterocycles. The number of carbonyl (C=O) groups excluding carboxylic acids is 2. The Labute approximate surface area is 190 Å². The maximum Gasteiger partial charge on any atom is 0.251 e. The highest BCUT2D eigenvalue weighted by Gasteiger charge is 2.49. The average Bonchev–Trinajstić information content (AvgIpc) is 3.30. The maximum atomic E-state index is 12.6. The van der Waals surface area contributed by atoms with Crippen LogP contribution < -0.4 is 16.4 Å². The molecule has 0 spiro atoms. The maximum absolute atomic E-state index is 12.6. The van der Waals surface area contributed by atoms with Crippen LogP contribution in [0.4, 0.5) is 5.69 Å². The highest BCUT2D eigenvalue weighted by molar-refractivity contribution is 5.96. The highest BCUT2D eigenvalue weighted by atomic mass is 35.5. The van der Waals surface area contributed by atoms with Gasteiger partial charge in [-0.25, -0.2) is 0 Å². The Kier molecular flexibility index (Phi) is 9.37. The molecule has 3 aliphatic rings. The number of halogens is 2. The van der Waals surface area contributed by atoms with Gasteiger partial charge >= 0.3 is 0 Å². The minimum absolute atomic E-state index is 0. The van der Waals surface area contributed by atoms with Gasteiger partial charge < -0.3 is 21.1 Å². The van der Waals surface area contributed by atoms with Crippen molar-refractivity contribution in [1.82, 2.24) is 10.2 Å². The van der Waals surface area contributed by atoms with Crippen molar-refractivity contribution in [3.8, 4) is 0 Å². The Balaban J connectivity index is 0.00000160. The first-order valence-electron chi connectivity index (χ1n) is 10.4. The van der Waals surface area contributed by atoms with E-state index >= 15 is 0 Å². The molecule has 1 aromatic carbocycles. The number of fused-ring (bicyclic) bond motifs is 2. The third kappa shape index (κ3) is 5.65. The summed E-state index contributed by atoms with van der Waals surface area (Å²) in [5, 5.41) is 5.93. The van der Waals surface area contributed by atoms with Crippen molar-refractivity contribution in [2.75, 3.05) is 44.7 Å². The van der Waals surface area contributed by atoms with Gasteiger partial charge in [0.15, 0.2) is 0 Å². The molecule has 9 heteroatoms. The van der Waals surface area contributed by atoms with Crippen LogP contribution in [-0.4, -0.2) is 62.1 Å². The number of hydrogen-bond acceptors (Lipinski definition) is 5. The monoisotopic (exact) mass is 458 g/mol. The van der Waals surface area contributed by atoms with Gasteiger partial charge in [0.2, 0.25) is 5.91 Å². The highest BCUT2D eigenvalue weighted by Crippen LogP contribution is 2.47. The Morgan fingerprint density at radius 1 is 1.07 bits per heavy atom. The van der Waals surface area contributed by atoms with Crippen molar-refractivity contribution in [1.29, 1.82) is 0 Å². The molecule has 1 heterocycles. The van der Waals surface area contributed by atoms with Crippen molar-refractivity contribution in [3.05, 3.63) is 29.8 Å². The lowest BCUT2D eigenvalue weighted by Gasteiger charge is -2.27. The Bertz CT molecular complexity index is 711. The van der Waals surface area contributed by atoms with E-state index in [1.807, 2.05) is 0 Å². The second-order valence-corrected chi connectivity index (χ2v) is 8.21. The summed E-state index contributed by atoms with van der Waals surface area (Å²) >= 11 is 0. The number of nitrogens with two attached hydrogens (primary N) is 1. The minimum atomic E-state index is -0.0961. The summed E-state index contributed by atoms with van der Waals surface area (Å²) in [6.45, 7) is 4.78. The topological polar surface area (TPSA) is 96.7 Å². The fourth-order valence-electron chi connectivity index (χ4n) is 4.91. The fraction of sp³-hybridized carbons (Fsp3) is 0.619. The molecular weight excluding hydrogens is 427 g/mol. The molecule has 0 aromatic heterocycles. The molecule has 4 rings (SSSR count). The van der Waals surface area contributed by atoms with Crippen LogP contribution in [0.5, 0.6) is 0 Å². The number of morpholine rings is 1. The summed E-state index contributed by atoms with van der Waals surface area (Å²) in [4.78, 5) is 27.2. The first kappa shape index (κ1) is 24.9. The van der Waals surface area contributed by atoms with E-state index in [0.717, 1.165) is 52.1 Å². The molecule has 2 saturated carbocycles. The number of ether oxygens (including phenoxy) is 1. The smallest absolute Gasteiger partial charge is 0.251 e. The van der Waals surface area contributed by atoms with Crippen molar-refractivity contribution < 1.29 is 14.3 Å². The lowest BCUT2D eigenvalue weighted by molar-refractivity contribution is -0.121. The van der Waals surface area contributed by atoms with Crippen LogP contribution >= 0.6 is 24.8 Å². The van der Waals surface area contributed by atoms with Gasteiger partial charge in [-0.3, -0.25) is 14.5 Å². The van der Waals surface area contributed by atoms with Crippen LogP contribution in [0.1, 0.15) is 29.6 Å². The van der Waals surface area contributed by atoms with Gasteiger partial charge in [0.05, 0.1) is 19.1 Å². The van der Waals surface area contributed by atoms with E-state index in [4.69, 9.17) is 10.5 Å². The van der Waals surface area contributed by atoms with E-state index < -0.39 is 0 Å². The molecule has 1 aromatic rings. The number of nitrogens with one attached hydrogen (secondary N) is 2. The zero-order chi connectivity index (χ0) is 19.5. The number of hydrogen-bond donors (Lipinski definition) is 3. The van der Waals surface area contributed by atoms with Gasteiger partial charge in [-0.15, -0.1) is 24.8 Å². The van der Waals surface area contributed by atoms with Gasteiger partial charge in [0.1, 0.15) is 0 Å². The molecule has 4 N–H and O–H groups in total. The first-order chi connectivity index (χ1) is 13.6. The minimum Gasteiger partial charge on any atom is -0.379 e. The van der Waals surface area contributed by atoms with Gasteiger partial charge in [0, 0.05) is 43.5 Å². The summed E-state index contributed by atoms with van der Waals surface area (Å²) in [5.74, 6) is 0.770. The standard InChI is InChI=1S/C21H30N4O3.2ClH/c22-19-16-2-1-15(13-16)18(19)21(27)24-17-5-3-14(4-6-17)20(26)23-7-8-25-9-11-28-12-10-25;;/h3-6,15-16,18-19H,1-2,7-13,22H2,(H,23,26)(H,24,27);2*1H. The number of rotatable bonds is 6. The van der Waals surface area contributed by atoms with E-state index in [2.05, 4.69) is 15.5 Å². The predicted molar refractivity (Wildman–Crippen MR) is 121 cm³/mol.